The minimum absolute atomic E-state index is 0.00808. The molecule has 0 bridgehead atoms. The van der Waals surface area contributed by atoms with Gasteiger partial charge in [-0.25, -0.2) is 0 Å². The van der Waals surface area contributed by atoms with Crippen LogP contribution in [0.3, 0.4) is 0 Å². The Labute approximate surface area is 67.8 Å². The van der Waals surface area contributed by atoms with Crippen LogP contribution < -0.4 is 5.32 Å². The van der Waals surface area contributed by atoms with Gasteiger partial charge in [0.2, 0.25) is 0 Å². The molecule has 0 aromatic carbocycles. The Kier molecular flexibility index (Phi) is 3.30. The van der Waals surface area contributed by atoms with E-state index in [0.717, 1.165) is 0 Å². The summed E-state index contributed by atoms with van der Waals surface area (Å²) in [6, 6.07) is 0. The first-order valence-electron chi connectivity index (χ1n) is 3.61. The quantitative estimate of drug-likeness (QED) is 0.647. The number of ether oxygens (including phenoxy) is 2. The predicted molar refractivity (Wildman–Crippen MR) is 34.6 cm³/mol. The van der Waals surface area contributed by atoms with Crippen LogP contribution in [0.25, 0.3) is 0 Å². The van der Waals surface area contributed by atoms with Crippen LogP contribution in [0, 0.1) is 0 Å². The number of rotatable bonds is 4. The first-order valence-corrected chi connectivity index (χ1v) is 3.61. The van der Waals surface area contributed by atoms with Gasteiger partial charge in [-0.2, -0.15) is 0 Å². The van der Waals surface area contributed by atoms with Gasteiger partial charge in [-0.1, -0.05) is 0 Å². The molecule has 0 unspecified atom stereocenters. The SMILES string of the molecule is FC(F)(F)OCCOC1CNC1. The molecule has 0 saturated carbocycles. The second-order valence-electron chi connectivity index (χ2n) is 2.45. The molecule has 6 heteroatoms. The highest BCUT2D eigenvalue weighted by Gasteiger charge is 2.28. The molecule has 0 aromatic rings. The van der Waals surface area contributed by atoms with E-state index in [9.17, 15) is 13.2 Å². The first kappa shape index (κ1) is 9.76. The lowest BCUT2D eigenvalue weighted by atomic mass is 10.2. The Balaban J connectivity index is 1.88. The van der Waals surface area contributed by atoms with Crippen LogP contribution in [0.4, 0.5) is 13.2 Å². The zero-order valence-corrected chi connectivity index (χ0v) is 6.36. The lowest BCUT2D eigenvalue weighted by Gasteiger charge is -2.26. The van der Waals surface area contributed by atoms with Gasteiger partial charge >= 0.3 is 6.36 Å². The maximum absolute atomic E-state index is 11.4. The molecule has 1 aliphatic heterocycles. The fraction of sp³-hybridized carbons (Fsp3) is 1.00. The van der Waals surface area contributed by atoms with Crippen molar-refractivity contribution in [3.63, 3.8) is 0 Å². The van der Waals surface area contributed by atoms with E-state index < -0.39 is 13.0 Å². The molecule has 1 fully saturated rings. The van der Waals surface area contributed by atoms with Crippen molar-refractivity contribution in [1.82, 2.24) is 5.32 Å². The summed E-state index contributed by atoms with van der Waals surface area (Å²) in [6.45, 7) is 0.990. The third-order valence-corrected chi connectivity index (χ3v) is 1.45. The Morgan fingerprint density at radius 3 is 2.33 bits per heavy atom. The summed E-state index contributed by atoms with van der Waals surface area (Å²) in [7, 11) is 0. The lowest BCUT2D eigenvalue weighted by molar-refractivity contribution is -0.327. The van der Waals surface area contributed by atoms with Crippen LogP contribution in [0.5, 0.6) is 0 Å². The summed E-state index contributed by atoms with van der Waals surface area (Å²) in [5.41, 5.74) is 0. The third kappa shape index (κ3) is 3.89. The molecule has 3 nitrogen and oxygen atoms in total. The minimum atomic E-state index is -4.54. The molecule has 1 aliphatic rings. The number of alkyl halides is 3. The molecular weight excluding hydrogens is 175 g/mol. The molecule has 1 saturated heterocycles. The smallest absolute Gasteiger partial charge is 0.373 e. The Bertz CT molecular complexity index is 135. The minimum Gasteiger partial charge on any atom is -0.373 e. The van der Waals surface area contributed by atoms with Gasteiger partial charge in [-0.15, -0.1) is 13.2 Å². The van der Waals surface area contributed by atoms with Crippen molar-refractivity contribution < 1.29 is 22.6 Å². The molecular formula is C6H10F3NO2. The van der Waals surface area contributed by atoms with E-state index >= 15 is 0 Å². The maximum atomic E-state index is 11.4. The molecule has 0 spiro atoms. The fourth-order valence-electron chi connectivity index (χ4n) is 0.752. The Morgan fingerprint density at radius 2 is 1.92 bits per heavy atom. The van der Waals surface area contributed by atoms with Crippen molar-refractivity contribution in [3.8, 4) is 0 Å². The van der Waals surface area contributed by atoms with E-state index in [0.29, 0.717) is 13.1 Å². The molecule has 72 valence electrons. The van der Waals surface area contributed by atoms with Gasteiger partial charge in [0.15, 0.2) is 0 Å². The summed E-state index contributed by atoms with van der Waals surface area (Å²) in [5, 5.41) is 2.93. The highest BCUT2D eigenvalue weighted by Crippen LogP contribution is 2.15. The van der Waals surface area contributed by atoms with Crippen molar-refractivity contribution in [3.05, 3.63) is 0 Å². The third-order valence-electron chi connectivity index (χ3n) is 1.45. The summed E-state index contributed by atoms with van der Waals surface area (Å²) in [6.07, 6.45) is -4.48. The summed E-state index contributed by atoms with van der Waals surface area (Å²) >= 11 is 0. The highest BCUT2D eigenvalue weighted by molar-refractivity contribution is 4.74. The Morgan fingerprint density at radius 1 is 1.25 bits per heavy atom. The van der Waals surface area contributed by atoms with E-state index in [1.165, 1.54) is 0 Å². The van der Waals surface area contributed by atoms with Crippen molar-refractivity contribution in [2.75, 3.05) is 26.3 Å². The zero-order chi connectivity index (χ0) is 9.03. The van der Waals surface area contributed by atoms with Gasteiger partial charge in [0, 0.05) is 13.1 Å². The molecule has 0 amide bonds. The predicted octanol–water partition coefficient (Wildman–Crippen LogP) is 0.511. The molecule has 0 atom stereocenters. The largest absolute Gasteiger partial charge is 0.522 e. The number of hydrogen-bond donors (Lipinski definition) is 1. The van der Waals surface area contributed by atoms with Gasteiger partial charge in [-0.3, -0.25) is 4.74 Å². The van der Waals surface area contributed by atoms with Gasteiger partial charge < -0.3 is 10.1 Å². The average molecular weight is 185 g/mol. The molecule has 1 rings (SSSR count). The molecule has 0 aliphatic carbocycles. The van der Waals surface area contributed by atoms with Crippen LogP contribution >= 0.6 is 0 Å². The maximum Gasteiger partial charge on any atom is 0.522 e. The second kappa shape index (κ2) is 4.06. The van der Waals surface area contributed by atoms with Crippen molar-refractivity contribution in [2.45, 2.75) is 12.5 Å². The number of nitrogens with one attached hydrogen (secondary N) is 1. The average Bonchev–Trinajstić information content (AvgIpc) is 1.80. The van der Waals surface area contributed by atoms with Crippen LogP contribution in [0.15, 0.2) is 0 Å². The van der Waals surface area contributed by atoms with Gasteiger partial charge in [0.05, 0.1) is 19.3 Å². The van der Waals surface area contributed by atoms with E-state index in [1.807, 2.05) is 0 Å². The normalized spacial score (nSPS) is 19.2. The van der Waals surface area contributed by atoms with Crippen molar-refractivity contribution >= 4 is 0 Å². The van der Waals surface area contributed by atoms with Crippen molar-refractivity contribution in [1.29, 1.82) is 0 Å². The standard InChI is InChI=1S/C6H10F3NO2/c7-6(8,9)12-2-1-11-5-3-10-4-5/h5,10H,1-4H2. The van der Waals surface area contributed by atoms with Crippen LogP contribution in [-0.2, 0) is 9.47 Å². The topological polar surface area (TPSA) is 30.5 Å². The van der Waals surface area contributed by atoms with Crippen molar-refractivity contribution in [2.24, 2.45) is 0 Å². The molecule has 12 heavy (non-hydrogen) atoms. The molecule has 0 aromatic heterocycles. The molecule has 1 heterocycles. The summed E-state index contributed by atoms with van der Waals surface area (Å²) in [5.74, 6) is 0. The van der Waals surface area contributed by atoms with E-state index in [1.54, 1.807) is 0 Å². The summed E-state index contributed by atoms with van der Waals surface area (Å²) < 4.78 is 42.6. The Hall–Kier alpha value is -0.330. The van der Waals surface area contributed by atoms with E-state index in [4.69, 9.17) is 4.74 Å². The zero-order valence-electron chi connectivity index (χ0n) is 6.36. The van der Waals surface area contributed by atoms with Gasteiger partial charge in [-0.05, 0) is 0 Å². The van der Waals surface area contributed by atoms with E-state index in [-0.39, 0.29) is 12.7 Å². The molecule has 0 radical (unpaired) electrons. The fourth-order valence-corrected chi connectivity index (χ4v) is 0.752. The van der Waals surface area contributed by atoms with Gasteiger partial charge in [0.25, 0.3) is 0 Å². The number of halogens is 3. The van der Waals surface area contributed by atoms with Crippen LogP contribution in [0.2, 0.25) is 0 Å². The highest BCUT2D eigenvalue weighted by atomic mass is 19.4. The van der Waals surface area contributed by atoms with E-state index in [2.05, 4.69) is 10.1 Å². The van der Waals surface area contributed by atoms with Crippen LogP contribution in [-0.4, -0.2) is 38.8 Å². The molecule has 1 N–H and O–H groups in total. The first-order chi connectivity index (χ1) is 5.58. The second-order valence-corrected chi connectivity index (χ2v) is 2.45. The lowest BCUT2D eigenvalue weighted by Crippen LogP contribution is -2.48. The van der Waals surface area contributed by atoms with Crippen LogP contribution in [0.1, 0.15) is 0 Å². The summed E-state index contributed by atoms with van der Waals surface area (Å²) in [4.78, 5) is 0. The monoisotopic (exact) mass is 185 g/mol. The number of hydrogen-bond acceptors (Lipinski definition) is 3. The van der Waals surface area contributed by atoms with Gasteiger partial charge in [0.1, 0.15) is 0 Å².